The molecule has 1 atom stereocenters. The zero-order valence-corrected chi connectivity index (χ0v) is 21.5. The molecule has 0 aliphatic rings. The van der Waals surface area contributed by atoms with Crippen molar-refractivity contribution in [1.82, 2.24) is 4.31 Å². The molecule has 0 heterocycles. The molecule has 0 aromatic heterocycles. The first kappa shape index (κ1) is 26.1. The molecule has 3 aromatic carbocycles. The van der Waals surface area contributed by atoms with Crippen molar-refractivity contribution in [3.8, 4) is 23.0 Å². The van der Waals surface area contributed by atoms with Crippen LogP contribution in [-0.2, 0) is 10.0 Å². The van der Waals surface area contributed by atoms with E-state index in [1.54, 1.807) is 70.8 Å². The number of benzene rings is 3. The Labute approximate surface area is 207 Å². The van der Waals surface area contributed by atoms with Crippen LogP contribution in [0.15, 0.2) is 78.2 Å². The van der Waals surface area contributed by atoms with E-state index in [0.29, 0.717) is 34.1 Å². The number of hydrogen-bond acceptors (Lipinski definition) is 6. The van der Waals surface area contributed by atoms with Crippen molar-refractivity contribution >= 4 is 15.6 Å². The largest absolute Gasteiger partial charge is 0.497 e. The molecule has 0 amide bonds. The summed E-state index contributed by atoms with van der Waals surface area (Å²) in [6, 6.07) is 18.5. The second-order valence-electron chi connectivity index (χ2n) is 7.81. The van der Waals surface area contributed by atoms with Gasteiger partial charge in [-0.3, -0.25) is 0 Å². The van der Waals surface area contributed by atoms with Crippen LogP contribution < -0.4 is 18.9 Å². The van der Waals surface area contributed by atoms with E-state index in [1.165, 1.54) is 11.4 Å². The van der Waals surface area contributed by atoms with Crippen LogP contribution >= 0.6 is 0 Å². The Hall–Kier alpha value is -3.49. The highest BCUT2D eigenvalue weighted by molar-refractivity contribution is 7.89. The minimum absolute atomic E-state index is 0.196. The molecule has 0 bridgehead atoms. The molecule has 3 aromatic rings. The first-order valence-corrected chi connectivity index (χ1v) is 12.4. The van der Waals surface area contributed by atoms with Crippen molar-refractivity contribution in [1.29, 1.82) is 0 Å². The summed E-state index contributed by atoms with van der Waals surface area (Å²) < 4.78 is 50.6. The minimum atomic E-state index is -3.84. The van der Waals surface area contributed by atoms with E-state index in [2.05, 4.69) is 6.58 Å². The average molecular weight is 498 g/mol. The number of rotatable bonds is 11. The number of nitrogens with zero attached hydrogens (tertiary/aromatic N) is 1. The van der Waals surface area contributed by atoms with Crippen LogP contribution in [0.1, 0.15) is 23.6 Å². The molecule has 0 spiro atoms. The van der Waals surface area contributed by atoms with Gasteiger partial charge in [0.05, 0.1) is 39.4 Å². The molecule has 186 valence electrons. The van der Waals surface area contributed by atoms with Crippen molar-refractivity contribution in [2.24, 2.45) is 0 Å². The summed E-state index contributed by atoms with van der Waals surface area (Å²) in [6.07, 6.45) is 0.273. The standard InChI is InChI=1S/C27H31NO6S/c1-19(22-16-15-20(31-3)18-26(22)33-5)17-24(23-13-10-14-25(32-4)27(23)34-6)28(2)35(29,30)21-11-8-7-9-12-21/h7-16,18,24H,1,17H2,2-6H3. The zero-order valence-electron chi connectivity index (χ0n) is 20.6. The first-order chi connectivity index (χ1) is 16.8. The van der Waals surface area contributed by atoms with Gasteiger partial charge in [-0.25, -0.2) is 8.42 Å². The molecule has 0 aliphatic carbocycles. The predicted octanol–water partition coefficient (Wildman–Crippen LogP) is 5.19. The molecule has 1 unspecified atom stereocenters. The molecule has 0 radical (unpaired) electrons. The lowest BCUT2D eigenvalue weighted by molar-refractivity contribution is 0.330. The highest BCUT2D eigenvalue weighted by Crippen LogP contribution is 2.43. The SMILES string of the molecule is C=C(CC(c1cccc(OC)c1OC)N(C)S(=O)(=O)c1ccccc1)c1ccc(OC)cc1OC. The van der Waals surface area contributed by atoms with Gasteiger partial charge in [-0.15, -0.1) is 0 Å². The van der Waals surface area contributed by atoms with Gasteiger partial charge in [-0.2, -0.15) is 4.31 Å². The van der Waals surface area contributed by atoms with E-state index >= 15 is 0 Å². The van der Waals surface area contributed by atoms with Gasteiger partial charge >= 0.3 is 0 Å². The normalized spacial score (nSPS) is 12.2. The van der Waals surface area contributed by atoms with E-state index in [1.807, 2.05) is 24.3 Å². The molecule has 0 saturated carbocycles. The Bertz CT molecular complexity index is 1270. The van der Waals surface area contributed by atoms with E-state index in [-0.39, 0.29) is 11.3 Å². The van der Waals surface area contributed by atoms with E-state index < -0.39 is 16.1 Å². The summed E-state index contributed by atoms with van der Waals surface area (Å²) in [5.74, 6) is 2.20. The molecule has 35 heavy (non-hydrogen) atoms. The van der Waals surface area contributed by atoms with E-state index in [4.69, 9.17) is 18.9 Å². The summed E-state index contributed by atoms with van der Waals surface area (Å²) in [4.78, 5) is 0.196. The third-order valence-electron chi connectivity index (χ3n) is 5.88. The Morgan fingerprint density at radius 2 is 1.54 bits per heavy atom. The molecule has 7 nitrogen and oxygen atoms in total. The number of methoxy groups -OCH3 is 4. The van der Waals surface area contributed by atoms with Crippen LogP contribution in [0.3, 0.4) is 0 Å². The fraction of sp³-hybridized carbons (Fsp3) is 0.259. The van der Waals surface area contributed by atoms with Gasteiger partial charge < -0.3 is 18.9 Å². The maximum atomic E-state index is 13.6. The fourth-order valence-electron chi connectivity index (χ4n) is 3.97. The van der Waals surface area contributed by atoms with Crippen molar-refractivity contribution in [2.75, 3.05) is 35.5 Å². The molecule has 0 aliphatic heterocycles. The number of para-hydroxylation sites is 1. The van der Waals surface area contributed by atoms with Gasteiger partial charge in [0.2, 0.25) is 10.0 Å². The van der Waals surface area contributed by atoms with Gasteiger partial charge in [-0.1, -0.05) is 36.9 Å². The zero-order chi connectivity index (χ0) is 25.6. The fourth-order valence-corrected chi connectivity index (χ4v) is 5.33. The summed E-state index contributed by atoms with van der Waals surface area (Å²) in [6.45, 7) is 4.28. The van der Waals surface area contributed by atoms with Gasteiger partial charge in [0.15, 0.2) is 11.5 Å². The lowest BCUT2D eigenvalue weighted by Crippen LogP contribution is -2.32. The summed E-state index contributed by atoms with van der Waals surface area (Å²) >= 11 is 0. The molecule has 3 rings (SSSR count). The van der Waals surface area contributed by atoms with E-state index in [9.17, 15) is 8.42 Å². The smallest absolute Gasteiger partial charge is 0.243 e. The first-order valence-electron chi connectivity index (χ1n) is 10.9. The third-order valence-corrected chi connectivity index (χ3v) is 7.76. The van der Waals surface area contributed by atoms with Gasteiger partial charge in [-0.05, 0) is 42.3 Å². The van der Waals surface area contributed by atoms with Crippen LogP contribution in [0.2, 0.25) is 0 Å². The molecular formula is C27H31NO6S. The molecule has 8 heteroatoms. The quantitative estimate of drug-likeness (QED) is 0.363. The molecule has 0 saturated heterocycles. The molecule has 0 N–H and O–H groups in total. The monoisotopic (exact) mass is 497 g/mol. The van der Waals surface area contributed by atoms with Crippen molar-refractivity contribution in [2.45, 2.75) is 17.4 Å². The number of ether oxygens (including phenoxy) is 4. The molecule has 0 fully saturated rings. The average Bonchev–Trinajstić information content (AvgIpc) is 2.90. The Kier molecular flexibility index (Phi) is 8.43. The van der Waals surface area contributed by atoms with Crippen molar-refractivity contribution in [3.63, 3.8) is 0 Å². The maximum Gasteiger partial charge on any atom is 0.243 e. The second kappa shape index (κ2) is 11.3. The Morgan fingerprint density at radius 1 is 0.857 bits per heavy atom. The lowest BCUT2D eigenvalue weighted by atomic mass is 9.94. The van der Waals surface area contributed by atoms with Gasteiger partial charge in [0.25, 0.3) is 0 Å². The van der Waals surface area contributed by atoms with Gasteiger partial charge in [0.1, 0.15) is 11.5 Å². The summed E-state index contributed by atoms with van der Waals surface area (Å²) in [5.41, 5.74) is 2.10. The van der Waals surface area contributed by atoms with E-state index in [0.717, 1.165) is 5.56 Å². The predicted molar refractivity (Wildman–Crippen MR) is 137 cm³/mol. The van der Waals surface area contributed by atoms with Crippen LogP contribution in [0, 0.1) is 0 Å². The summed E-state index contributed by atoms with van der Waals surface area (Å²) in [7, 11) is 3.95. The highest BCUT2D eigenvalue weighted by Gasteiger charge is 2.32. The molecular weight excluding hydrogens is 466 g/mol. The minimum Gasteiger partial charge on any atom is -0.497 e. The van der Waals surface area contributed by atoms with Gasteiger partial charge in [0, 0.05) is 24.2 Å². The highest BCUT2D eigenvalue weighted by atomic mass is 32.2. The summed E-state index contributed by atoms with van der Waals surface area (Å²) in [5, 5.41) is 0. The lowest BCUT2D eigenvalue weighted by Gasteiger charge is -2.30. The number of sulfonamides is 1. The van der Waals surface area contributed by atoms with Crippen LogP contribution in [-0.4, -0.2) is 48.2 Å². The number of hydrogen-bond donors (Lipinski definition) is 0. The Balaban J connectivity index is 2.12. The maximum absolute atomic E-state index is 13.6. The van der Waals surface area contributed by atoms with Crippen LogP contribution in [0.4, 0.5) is 0 Å². The van der Waals surface area contributed by atoms with Crippen LogP contribution in [0.5, 0.6) is 23.0 Å². The van der Waals surface area contributed by atoms with Crippen LogP contribution in [0.25, 0.3) is 5.57 Å². The topological polar surface area (TPSA) is 74.3 Å². The van der Waals surface area contributed by atoms with Crippen molar-refractivity contribution < 1.29 is 27.4 Å². The Morgan fingerprint density at radius 3 is 2.14 bits per heavy atom. The third kappa shape index (κ3) is 5.44. The van der Waals surface area contributed by atoms with Crippen molar-refractivity contribution in [3.05, 3.63) is 84.4 Å². The second-order valence-corrected chi connectivity index (χ2v) is 9.80.